The number of aromatic nitrogens is 1. The Morgan fingerprint density at radius 3 is 2.10 bits per heavy atom. The molecule has 1 N–H and O–H groups in total. The van der Waals surface area contributed by atoms with Crippen molar-refractivity contribution in [2.45, 2.75) is 58.9 Å². The fourth-order valence-electron chi connectivity index (χ4n) is 3.43. The Bertz CT molecular complexity index is 1130. The zero-order valence-electron chi connectivity index (χ0n) is 17.6. The van der Waals surface area contributed by atoms with Crippen molar-refractivity contribution in [3.8, 4) is 5.75 Å². The molecular weight excluding hydrogens is 404 g/mol. The molecule has 0 radical (unpaired) electrons. The normalized spacial score (nSPS) is 12.5. The molecule has 3 aromatic rings. The van der Waals surface area contributed by atoms with E-state index in [1.54, 1.807) is 12.1 Å². The largest absolute Gasteiger partial charge is 0.507 e. The molecule has 1 heterocycles. The standard InChI is InChI=1S/C22H26N2O3S2/c1-21(2,3)15-9-13(10-16(19(15)25)22(4,5)6)12-23-17-11-14(24(26)27)7-8-18(17)29-20(23)28/h7-11,25H,12H2,1-6H3. The summed E-state index contributed by atoms with van der Waals surface area (Å²) in [4.78, 5) is 10.8. The highest BCUT2D eigenvalue weighted by Gasteiger charge is 2.26. The monoisotopic (exact) mass is 430 g/mol. The first kappa shape index (κ1) is 21.5. The van der Waals surface area contributed by atoms with Gasteiger partial charge < -0.3 is 9.67 Å². The highest BCUT2D eigenvalue weighted by atomic mass is 32.1. The van der Waals surface area contributed by atoms with E-state index in [0.717, 1.165) is 26.9 Å². The summed E-state index contributed by atoms with van der Waals surface area (Å²) >= 11 is 7.01. The van der Waals surface area contributed by atoms with Crippen LogP contribution in [-0.4, -0.2) is 14.6 Å². The van der Waals surface area contributed by atoms with E-state index in [1.165, 1.54) is 17.4 Å². The second kappa shape index (κ2) is 7.22. The number of nitrogens with zero attached hydrogens (tertiary/aromatic N) is 2. The van der Waals surface area contributed by atoms with E-state index in [4.69, 9.17) is 12.2 Å². The maximum absolute atomic E-state index is 11.2. The maximum Gasteiger partial charge on any atom is 0.271 e. The van der Waals surface area contributed by atoms with Gasteiger partial charge in [-0.15, -0.1) is 11.3 Å². The van der Waals surface area contributed by atoms with E-state index >= 15 is 0 Å². The number of non-ortho nitro benzene ring substituents is 1. The lowest BCUT2D eigenvalue weighted by atomic mass is 9.78. The Hall–Kier alpha value is -2.25. The average Bonchev–Trinajstić information content (AvgIpc) is 2.89. The molecule has 0 amide bonds. The molecule has 0 aliphatic rings. The van der Waals surface area contributed by atoms with Gasteiger partial charge in [0.2, 0.25) is 0 Å². The molecule has 0 unspecified atom stereocenters. The van der Waals surface area contributed by atoms with Gasteiger partial charge in [0.25, 0.3) is 5.69 Å². The number of hydrogen-bond acceptors (Lipinski definition) is 5. The van der Waals surface area contributed by atoms with Crippen LogP contribution in [0.2, 0.25) is 0 Å². The van der Waals surface area contributed by atoms with Crippen LogP contribution in [0.25, 0.3) is 10.2 Å². The SMILES string of the molecule is CC(C)(C)c1cc(Cn2c(=S)sc3ccc([N+](=O)[O-])cc32)cc(C(C)(C)C)c1O. The van der Waals surface area contributed by atoms with E-state index in [1.807, 2.05) is 16.7 Å². The van der Waals surface area contributed by atoms with Crippen LogP contribution in [0.5, 0.6) is 5.75 Å². The fraction of sp³-hybridized carbons (Fsp3) is 0.409. The molecule has 0 aliphatic heterocycles. The van der Waals surface area contributed by atoms with Crippen LogP contribution in [0.1, 0.15) is 58.2 Å². The van der Waals surface area contributed by atoms with E-state index in [9.17, 15) is 15.2 Å². The summed E-state index contributed by atoms with van der Waals surface area (Å²) in [5.41, 5.74) is 3.15. The first-order valence-electron chi connectivity index (χ1n) is 9.43. The Morgan fingerprint density at radius 2 is 1.62 bits per heavy atom. The summed E-state index contributed by atoms with van der Waals surface area (Å²) < 4.78 is 3.53. The number of phenolic OH excluding ortho intramolecular Hbond substituents is 1. The van der Waals surface area contributed by atoms with Gasteiger partial charge >= 0.3 is 0 Å². The number of nitro benzene ring substituents is 1. The van der Waals surface area contributed by atoms with Gasteiger partial charge in [-0.2, -0.15) is 0 Å². The molecule has 5 nitrogen and oxygen atoms in total. The molecule has 0 saturated heterocycles. The summed E-state index contributed by atoms with van der Waals surface area (Å²) in [5.74, 6) is 0.336. The first-order chi connectivity index (χ1) is 13.3. The maximum atomic E-state index is 11.2. The quantitative estimate of drug-likeness (QED) is 0.285. The number of thiazole rings is 1. The van der Waals surface area contributed by atoms with Crippen LogP contribution < -0.4 is 0 Å². The molecule has 0 fully saturated rings. The van der Waals surface area contributed by atoms with Crippen molar-refractivity contribution < 1.29 is 10.0 Å². The Morgan fingerprint density at radius 1 is 1.07 bits per heavy atom. The number of nitro groups is 1. The summed E-state index contributed by atoms with van der Waals surface area (Å²) in [6.45, 7) is 13.0. The van der Waals surface area contributed by atoms with Crippen molar-refractivity contribution in [1.82, 2.24) is 4.57 Å². The fourth-order valence-corrected chi connectivity index (χ4v) is 4.73. The summed E-state index contributed by atoms with van der Waals surface area (Å²) in [6, 6.07) is 8.88. The zero-order chi connectivity index (χ0) is 21.7. The third-order valence-corrected chi connectivity index (χ3v) is 6.42. The molecule has 0 aliphatic carbocycles. The minimum atomic E-state index is -0.388. The summed E-state index contributed by atoms with van der Waals surface area (Å²) in [6.07, 6.45) is 0. The number of fused-ring (bicyclic) bond motifs is 1. The van der Waals surface area contributed by atoms with Crippen LogP contribution in [-0.2, 0) is 17.4 Å². The molecule has 7 heteroatoms. The number of aromatic hydroxyl groups is 1. The molecule has 3 rings (SSSR count). The number of phenols is 1. The van der Waals surface area contributed by atoms with Crippen molar-refractivity contribution in [3.05, 3.63) is 61.1 Å². The summed E-state index contributed by atoms with van der Waals surface area (Å²) in [5, 5.41) is 22.1. The third-order valence-electron chi connectivity index (χ3n) is 4.99. The van der Waals surface area contributed by atoms with E-state index in [-0.39, 0.29) is 21.4 Å². The summed E-state index contributed by atoms with van der Waals surface area (Å²) in [7, 11) is 0. The van der Waals surface area contributed by atoms with Crippen LogP contribution in [0.4, 0.5) is 5.69 Å². The molecular formula is C22H26N2O3S2. The average molecular weight is 431 g/mol. The first-order valence-corrected chi connectivity index (χ1v) is 10.7. The zero-order valence-corrected chi connectivity index (χ0v) is 19.2. The van der Waals surface area contributed by atoms with E-state index in [0.29, 0.717) is 16.2 Å². The van der Waals surface area contributed by atoms with Crippen LogP contribution in [0, 0.1) is 14.1 Å². The molecule has 1 aromatic heterocycles. The van der Waals surface area contributed by atoms with Crippen molar-refractivity contribution in [2.75, 3.05) is 0 Å². The predicted molar refractivity (Wildman–Crippen MR) is 122 cm³/mol. The molecule has 29 heavy (non-hydrogen) atoms. The number of hydrogen-bond donors (Lipinski definition) is 1. The van der Waals surface area contributed by atoms with Crippen LogP contribution >= 0.6 is 23.6 Å². The minimum Gasteiger partial charge on any atom is -0.507 e. The molecule has 0 atom stereocenters. The Kier molecular flexibility index (Phi) is 5.34. The second-order valence-electron chi connectivity index (χ2n) is 9.40. The van der Waals surface area contributed by atoms with E-state index < -0.39 is 0 Å². The van der Waals surface area contributed by atoms with Crippen molar-refractivity contribution >= 4 is 39.5 Å². The lowest BCUT2D eigenvalue weighted by molar-refractivity contribution is -0.384. The van der Waals surface area contributed by atoms with Gasteiger partial charge in [0.1, 0.15) is 5.75 Å². The van der Waals surface area contributed by atoms with Crippen molar-refractivity contribution in [3.63, 3.8) is 0 Å². The molecule has 0 saturated carbocycles. The lowest BCUT2D eigenvalue weighted by Crippen LogP contribution is -2.18. The van der Waals surface area contributed by atoms with Crippen molar-refractivity contribution in [2.24, 2.45) is 0 Å². The third kappa shape index (κ3) is 4.21. The number of benzene rings is 2. The van der Waals surface area contributed by atoms with Crippen LogP contribution in [0.3, 0.4) is 0 Å². The van der Waals surface area contributed by atoms with Gasteiger partial charge in [-0.3, -0.25) is 10.1 Å². The second-order valence-corrected chi connectivity index (χ2v) is 11.1. The minimum absolute atomic E-state index is 0.0514. The Balaban J connectivity index is 2.20. The van der Waals surface area contributed by atoms with Gasteiger partial charge in [-0.25, -0.2) is 0 Å². The molecule has 154 valence electrons. The molecule has 0 spiro atoms. The molecule has 0 bridgehead atoms. The smallest absolute Gasteiger partial charge is 0.271 e. The Labute approximate surface area is 179 Å². The van der Waals surface area contributed by atoms with Gasteiger partial charge in [0.05, 0.1) is 15.1 Å². The van der Waals surface area contributed by atoms with Crippen molar-refractivity contribution in [1.29, 1.82) is 0 Å². The number of rotatable bonds is 3. The highest BCUT2D eigenvalue weighted by Crippen LogP contribution is 2.40. The van der Waals surface area contributed by atoms with Gasteiger partial charge in [0, 0.05) is 18.7 Å². The van der Waals surface area contributed by atoms with Gasteiger partial charge in [-0.1, -0.05) is 41.5 Å². The van der Waals surface area contributed by atoms with Gasteiger partial charge in [-0.05, 0) is 57.9 Å². The lowest BCUT2D eigenvalue weighted by Gasteiger charge is -2.28. The predicted octanol–water partition coefficient (Wildman–Crippen LogP) is 6.69. The van der Waals surface area contributed by atoms with Crippen LogP contribution in [0.15, 0.2) is 30.3 Å². The highest BCUT2D eigenvalue weighted by molar-refractivity contribution is 7.73. The van der Waals surface area contributed by atoms with E-state index in [2.05, 4.69) is 41.5 Å². The topological polar surface area (TPSA) is 68.3 Å². The molecule has 2 aromatic carbocycles. The van der Waals surface area contributed by atoms with Gasteiger partial charge in [0.15, 0.2) is 3.95 Å².